The van der Waals surface area contributed by atoms with Gasteiger partial charge in [0.15, 0.2) is 0 Å². The lowest BCUT2D eigenvalue weighted by Gasteiger charge is -2.31. The molecule has 3 aromatic rings. The van der Waals surface area contributed by atoms with Gasteiger partial charge in [-0.05, 0) is 36.8 Å². The molecule has 0 radical (unpaired) electrons. The van der Waals surface area contributed by atoms with Crippen LogP contribution in [-0.4, -0.2) is 37.7 Å². The summed E-state index contributed by atoms with van der Waals surface area (Å²) in [4.78, 5) is 8.12. The Balaban J connectivity index is 1.46. The summed E-state index contributed by atoms with van der Waals surface area (Å²) in [5, 5.41) is 9.51. The van der Waals surface area contributed by atoms with Gasteiger partial charge in [-0.1, -0.05) is 30.3 Å². The van der Waals surface area contributed by atoms with Crippen molar-refractivity contribution in [1.82, 2.24) is 4.98 Å². The number of nitrogens with one attached hydrogen (secondary N) is 1. The fourth-order valence-electron chi connectivity index (χ4n) is 3.54. The Morgan fingerprint density at radius 3 is 2.48 bits per heavy atom. The number of oxazole rings is 1. The molecule has 0 atom stereocenters. The summed E-state index contributed by atoms with van der Waals surface area (Å²) in [7, 11) is 0. The standard InChI is InChI=1S/C23H24N4O2/c1-2-26-12-14-27(15-13-26)23-21(16-24)25-22(29-23)19-8-10-20(11-9-19)28-17-18-6-4-3-5-7-18/h3-11H,2,12-15,17H2,1H3/p+1. The molecule has 1 saturated heterocycles. The van der Waals surface area contributed by atoms with Gasteiger partial charge in [-0.3, -0.25) is 0 Å². The molecule has 0 amide bonds. The van der Waals surface area contributed by atoms with E-state index < -0.39 is 0 Å². The zero-order chi connectivity index (χ0) is 20.1. The number of nitriles is 1. The molecule has 1 aliphatic heterocycles. The Hall–Kier alpha value is -3.30. The minimum atomic E-state index is 0.351. The number of rotatable bonds is 6. The molecule has 4 rings (SSSR count). The van der Waals surface area contributed by atoms with Crippen LogP contribution in [-0.2, 0) is 6.61 Å². The summed E-state index contributed by atoms with van der Waals surface area (Å²) in [6.45, 7) is 7.69. The molecule has 0 aliphatic carbocycles. The maximum atomic E-state index is 9.51. The highest BCUT2D eigenvalue weighted by molar-refractivity contribution is 5.60. The first kappa shape index (κ1) is 19.0. The maximum Gasteiger partial charge on any atom is 0.235 e. The fraction of sp³-hybridized carbons (Fsp3) is 0.304. The van der Waals surface area contributed by atoms with Crippen molar-refractivity contribution in [3.8, 4) is 23.3 Å². The van der Waals surface area contributed by atoms with Gasteiger partial charge in [-0.15, -0.1) is 0 Å². The van der Waals surface area contributed by atoms with E-state index in [2.05, 4.69) is 22.9 Å². The van der Waals surface area contributed by atoms with E-state index in [0.717, 1.165) is 49.6 Å². The Labute approximate surface area is 170 Å². The lowest BCUT2D eigenvalue weighted by atomic mass is 10.2. The summed E-state index contributed by atoms with van der Waals surface area (Å²) < 4.78 is 11.8. The van der Waals surface area contributed by atoms with Gasteiger partial charge in [0, 0.05) is 5.56 Å². The van der Waals surface area contributed by atoms with Gasteiger partial charge >= 0.3 is 0 Å². The predicted molar refractivity (Wildman–Crippen MR) is 111 cm³/mol. The monoisotopic (exact) mass is 389 g/mol. The second kappa shape index (κ2) is 8.80. The summed E-state index contributed by atoms with van der Waals surface area (Å²) in [6.07, 6.45) is 0. The Morgan fingerprint density at radius 2 is 1.83 bits per heavy atom. The van der Waals surface area contributed by atoms with Gasteiger partial charge in [0.2, 0.25) is 17.5 Å². The van der Waals surface area contributed by atoms with Gasteiger partial charge < -0.3 is 19.0 Å². The molecule has 6 heteroatoms. The summed E-state index contributed by atoms with van der Waals surface area (Å²) >= 11 is 0. The molecular weight excluding hydrogens is 364 g/mol. The van der Waals surface area contributed by atoms with Crippen molar-refractivity contribution in [3.63, 3.8) is 0 Å². The third-order valence-corrected chi connectivity index (χ3v) is 5.32. The molecule has 0 spiro atoms. The quantitative estimate of drug-likeness (QED) is 0.702. The van der Waals surface area contributed by atoms with E-state index in [9.17, 15) is 5.26 Å². The molecule has 2 aromatic carbocycles. The largest absolute Gasteiger partial charge is 0.489 e. The van der Waals surface area contributed by atoms with Gasteiger partial charge in [0.25, 0.3) is 0 Å². The van der Waals surface area contributed by atoms with Crippen molar-refractivity contribution in [2.24, 2.45) is 0 Å². The average Bonchev–Trinajstić information content (AvgIpc) is 3.23. The van der Waals surface area contributed by atoms with Gasteiger partial charge in [-0.25, -0.2) is 0 Å². The summed E-state index contributed by atoms with van der Waals surface area (Å²) in [6, 6.07) is 19.9. The topological polar surface area (TPSA) is 66.7 Å². The summed E-state index contributed by atoms with van der Waals surface area (Å²) in [5.74, 6) is 1.84. The number of anilines is 1. The van der Waals surface area contributed by atoms with Crippen LogP contribution in [0.2, 0.25) is 0 Å². The number of aromatic nitrogens is 1. The molecule has 1 aromatic heterocycles. The molecule has 0 saturated carbocycles. The smallest absolute Gasteiger partial charge is 0.235 e. The Morgan fingerprint density at radius 1 is 1.10 bits per heavy atom. The van der Waals surface area contributed by atoms with Crippen LogP contribution < -0.4 is 14.5 Å². The minimum absolute atomic E-state index is 0.351. The molecule has 29 heavy (non-hydrogen) atoms. The Kier molecular flexibility index (Phi) is 5.78. The van der Waals surface area contributed by atoms with Crippen LogP contribution in [0.1, 0.15) is 18.2 Å². The van der Waals surface area contributed by atoms with E-state index in [1.807, 2.05) is 54.6 Å². The van der Waals surface area contributed by atoms with Crippen LogP contribution in [0, 0.1) is 11.3 Å². The van der Waals surface area contributed by atoms with E-state index in [1.54, 1.807) is 4.90 Å². The predicted octanol–water partition coefficient (Wildman–Crippen LogP) is 2.52. The van der Waals surface area contributed by atoms with Crippen LogP contribution >= 0.6 is 0 Å². The molecule has 2 heterocycles. The normalized spacial score (nSPS) is 14.6. The van der Waals surface area contributed by atoms with Crippen LogP contribution in [0.25, 0.3) is 11.5 Å². The van der Waals surface area contributed by atoms with Crippen molar-refractivity contribution in [2.75, 3.05) is 37.6 Å². The van der Waals surface area contributed by atoms with Crippen LogP contribution in [0.15, 0.2) is 59.0 Å². The number of piperazine rings is 1. The van der Waals surface area contributed by atoms with E-state index in [4.69, 9.17) is 9.15 Å². The maximum absolute atomic E-state index is 9.51. The van der Waals surface area contributed by atoms with Crippen LogP contribution in [0.3, 0.4) is 0 Å². The lowest BCUT2D eigenvalue weighted by Crippen LogP contribution is -3.14. The summed E-state index contributed by atoms with van der Waals surface area (Å²) in [5.41, 5.74) is 2.31. The number of ether oxygens (including phenoxy) is 1. The first-order valence-electron chi connectivity index (χ1n) is 10.0. The molecule has 6 nitrogen and oxygen atoms in total. The van der Waals surface area contributed by atoms with Gasteiger partial charge in [0.05, 0.1) is 32.7 Å². The van der Waals surface area contributed by atoms with Crippen LogP contribution in [0.5, 0.6) is 5.75 Å². The SMILES string of the molecule is CC[NH+]1CCN(c2oc(-c3ccc(OCc4ccccc4)cc3)nc2C#N)CC1. The van der Waals surface area contributed by atoms with Gasteiger partial charge in [-0.2, -0.15) is 10.2 Å². The molecule has 0 unspecified atom stereocenters. The Bertz CT molecular complexity index is 968. The van der Waals surface area contributed by atoms with E-state index in [0.29, 0.717) is 24.1 Å². The third-order valence-electron chi connectivity index (χ3n) is 5.32. The van der Waals surface area contributed by atoms with Crippen molar-refractivity contribution in [2.45, 2.75) is 13.5 Å². The van der Waals surface area contributed by atoms with Gasteiger partial charge in [0.1, 0.15) is 18.4 Å². The van der Waals surface area contributed by atoms with E-state index >= 15 is 0 Å². The third kappa shape index (κ3) is 4.41. The molecule has 0 bridgehead atoms. The molecular formula is C23H25N4O2+. The number of hydrogen-bond acceptors (Lipinski definition) is 5. The molecule has 1 N–H and O–H groups in total. The zero-order valence-corrected chi connectivity index (χ0v) is 16.6. The second-order valence-electron chi connectivity index (χ2n) is 7.17. The fourth-order valence-corrected chi connectivity index (χ4v) is 3.54. The molecule has 1 aliphatic rings. The first-order chi connectivity index (χ1) is 14.3. The van der Waals surface area contributed by atoms with Crippen molar-refractivity contribution >= 4 is 5.88 Å². The molecule has 1 fully saturated rings. The number of hydrogen-bond donors (Lipinski definition) is 1. The lowest BCUT2D eigenvalue weighted by molar-refractivity contribution is -0.898. The van der Waals surface area contributed by atoms with E-state index in [-0.39, 0.29) is 0 Å². The molecule has 148 valence electrons. The highest BCUT2D eigenvalue weighted by Gasteiger charge is 2.25. The number of likely N-dealkylation sites (N-methyl/N-ethyl adjacent to an activating group) is 1. The minimum Gasteiger partial charge on any atom is -0.489 e. The van der Waals surface area contributed by atoms with Crippen molar-refractivity contribution in [3.05, 3.63) is 65.9 Å². The van der Waals surface area contributed by atoms with E-state index in [1.165, 1.54) is 0 Å². The first-order valence-corrected chi connectivity index (χ1v) is 10.0. The highest BCUT2D eigenvalue weighted by Crippen LogP contribution is 2.29. The van der Waals surface area contributed by atoms with Crippen LogP contribution in [0.4, 0.5) is 5.88 Å². The number of nitrogens with zero attached hydrogens (tertiary/aromatic N) is 3. The second-order valence-corrected chi connectivity index (χ2v) is 7.17. The number of benzene rings is 2. The highest BCUT2D eigenvalue weighted by atomic mass is 16.5. The zero-order valence-electron chi connectivity index (χ0n) is 16.6. The average molecular weight is 389 g/mol. The van der Waals surface area contributed by atoms with Crippen molar-refractivity contribution in [1.29, 1.82) is 5.26 Å². The number of quaternary nitrogens is 1. The van der Waals surface area contributed by atoms with Crippen molar-refractivity contribution < 1.29 is 14.1 Å².